The minimum atomic E-state index is -6.26. The predicted molar refractivity (Wildman–Crippen MR) is 136 cm³/mol. The molecule has 22 heteroatoms. The van der Waals surface area contributed by atoms with Crippen LogP contribution >= 0.6 is 0 Å². The highest BCUT2D eigenvalue weighted by atomic mass is 19.4. The summed E-state index contributed by atoms with van der Waals surface area (Å²) in [6.45, 7) is 0. The number of halogens is 21. The van der Waals surface area contributed by atoms with Gasteiger partial charge in [0, 0.05) is 5.69 Å². The number of anilines is 3. The Morgan fingerprint density at radius 2 is 0.566 bits per heavy atom. The molecule has 0 saturated heterocycles. The molecule has 0 heterocycles. The highest BCUT2D eigenvalue weighted by molar-refractivity contribution is 5.82. The molecule has 0 spiro atoms. The lowest BCUT2D eigenvalue weighted by molar-refractivity contribution is -0.143. The van der Waals surface area contributed by atoms with E-state index in [1.807, 2.05) is 0 Å². The second-order valence-corrected chi connectivity index (χ2v) is 10.2. The fourth-order valence-electron chi connectivity index (χ4n) is 4.93. The molecule has 0 N–H and O–H groups in total. The highest BCUT2D eigenvalue weighted by Crippen LogP contribution is 2.48. The third kappa shape index (κ3) is 5.73. The summed E-state index contributed by atoms with van der Waals surface area (Å²) in [5.41, 5.74) is -18.6. The zero-order chi connectivity index (χ0) is 39.9. The van der Waals surface area contributed by atoms with Crippen molar-refractivity contribution in [1.29, 1.82) is 0 Å². The first-order valence-electron chi connectivity index (χ1n) is 13.2. The van der Waals surface area contributed by atoms with Gasteiger partial charge < -0.3 is 0 Å². The van der Waals surface area contributed by atoms with Crippen LogP contribution in [-0.2, 0) is 6.18 Å². The summed E-state index contributed by atoms with van der Waals surface area (Å²) in [5, 5.41) is 0. The lowest BCUT2D eigenvalue weighted by Crippen LogP contribution is -2.23. The molecule has 5 rings (SSSR count). The van der Waals surface area contributed by atoms with Gasteiger partial charge in [0.2, 0.25) is 11.6 Å². The normalized spacial score (nSPS) is 11.9. The van der Waals surface area contributed by atoms with E-state index in [1.54, 1.807) is 0 Å². The highest BCUT2D eigenvalue weighted by Gasteiger charge is 2.45. The molecular formula is C31H4F21N. The SMILES string of the molecule is Fc1c(F)c(F)c(-c2ccc(N(c3c(F)c(F)c(-c4c(F)c(F)c(F)c(F)c4F)c(F)c3F)c3c(F)c(F)c(C(F)(F)F)c(F)c3F)cc2)c(F)c1F. The topological polar surface area (TPSA) is 3.24 Å². The predicted octanol–water partition coefficient (Wildman–Crippen LogP) is 12.0. The van der Waals surface area contributed by atoms with E-state index in [1.165, 1.54) is 0 Å². The van der Waals surface area contributed by atoms with Crippen LogP contribution in [0.25, 0.3) is 22.3 Å². The van der Waals surface area contributed by atoms with Crippen molar-refractivity contribution < 1.29 is 92.2 Å². The second kappa shape index (κ2) is 13.1. The van der Waals surface area contributed by atoms with Crippen molar-refractivity contribution in [2.45, 2.75) is 6.18 Å². The maximum Gasteiger partial charge on any atom is 0.422 e. The van der Waals surface area contributed by atoms with Crippen molar-refractivity contribution >= 4 is 17.1 Å². The Morgan fingerprint density at radius 3 is 0.887 bits per heavy atom. The lowest BCUT2D eigenvalue weighted by Gasteiger charge is -2.29. The lowest BCUT2D eigenvalue weighted by atomic mass is 9.99. The third-order valence-corrected chi connectivity index (χ3v) is 7.29. The van der Waals surface area contributed by atoms with Crippen molar-refractivity contribution in [3.8, 4) is 22.3 Å². The molecular weight excluding hydrogens is 785 g/mol. The molecule has 0 aliphatic carbocycles. The molecule has 0 aliphatic rings. The number of benzene rings is 5. The minimum absolute atomic E-state index is 0.0619. The van der Waals surface area contributed by atoms with Crippen molar-refractivity contribution in [3.05, 3.63) is 135 Å². The van der Waals surface area contributed by atoms with Crippen molar-refractivity contribution in [1.82, 2.24) is 0 Å². The van der Waals surface area contributed by atoms with Gasteiger partial charge in [-0.3, -0.25) is 4.90 Å². The quantitative estimate of drug-likeness (QED) is 0.0974. The molecule has 0 aliphatic heterocycles. The van der Waals surface area contributed by atoms with Crippen LogP contribution in [0.15, 0.2) is 24.3 Å². The second-order valence-electron chi connectivity index (χ2n) is 10.2. The van der Waals surface area contributed by atoms with Gasteiger partial charge >= 0.3 is 6.18 Å². The maximum atomic E-state index is 15.7. The van der Waals surface area contributed by atoms with Crippen LogP contribution in [0.1, 0.15) is 5.56 Å². The monoisotopic (exact) mass is 789 g/mol. The van der Waals surface area contributed by atoms with E-state index in [9.17, 15) is 65.9 Å². The molecule has 0 radical (unpaired) electrons. The Balaban J connectivity index is 1.90. The average molecular weight is 789 g/mol. The number of hydrogen-bond acceptors (Lipinski definition) is 1. The Kier molecular flexibility index (Phi) is 9.58. The van der Waals surface area contributed by atoms with Crippen molar-refractivity contribution in [2.75, 3.05) is 4.90 Å². The van der Waals surface area contributed by atoms with Gasteiger partial charge in [0.1, 0.15) is 16.9 Å². The van der Waals surface area contributed by atoms with Crippen LogP contribution in [0.2, 0.25) is 0 Å². The van der Waals surface area contributed by atoms with Gasteiger partial charge in [0.25, 0.3) is 0 Å². The summed E-state index contributed by atoms with van der Waals surface area (Å²) in [5.74, 6) is -53.9. The zero-order valence-corrected chi connectivity index (χ0v) is 24.2. The van der Waals surface area contributed by atoms with Gasteiger partial charge in [0.05, 0.1) is 16.7 Å². The Morgan fingerprint density at radius 1 is 0.302 bits per heavy atom. The van der Waals surface area contributed by atoms with Crippen LogP contribution in [0.3, 0.4) is 0 Å². The summed E-state index contributed by atoms with van der Waals surface area (Å²) in [4.78, 5) is -1.00. The molecule has 0 saturated carbocycles. The Hall–Kier alpha value is -5.57. The zero-order valence-electron chi connectivity index (χ0n) is 24.2. The van der Waals surface area contributed by atoms with Crippen molar-refractivity contribution in [2.24, 2.45) is 0 Å². The minimum Gasteiger partial charge on any atom is -0.300 e. The smallest absolute Gasteiger partial charge is 0.300 e. The van der Waals surface area contributed by atoms with Crippen LogP contribution < -0.4 is 4.90 Å². The van der Waals surface area contributed by atoms with E-state index in [2.05, 4.69) is 0 Å². The van der Waals surface area contributed by atoms with Crippen LogP contribution in [0.4, 0.5) is 109 Å². The molecule has 0 bridgehead atoms. The molecule has 5 aromatic carbocycles. The summed E-state index contributed by atoms with van der Waals surface area (Å²) >= 11 is 0. The Bertz CT molecular complexity index is 2250. The molecule has 0 unspecified atom stereocenters. The summed E-state index contributed by atoms with van der Waals surface area (Å²) in [6.07, 6.45) is -6.26. The third-order valence-electron chi connectivity index (χ3n) is 7.29. The maximum absolute atomic E-state index is 15.7. The van der Waals surface area contributed by atoms with Crippen LogP contribution in [0, 0.1) is 105 Å². The average Bonchev–Trinajstić information content (AvgIpc) is 3.10. The summed E-state index contributed by atoms with van der Waals surface area (Å²) in [6, 6.07) is 0.455. The fourth-order valence-corrected chi connectivity index (χ4v) is 4.93. The molecule has 0 amide bonds. The van der Waals surface area contributed by atoms with Gasteiger partial charge in [-0.1, -0.05) is 12.1 Å². The standard InChI is InChI=1S/C31H4F21N/c32-11-7(12(33)20(41)23(44)19(11)40)5-1-3-6(4-2-5)53(30-27(48)17(38)10(31(50,51)52)18(39)28(30)49)29-25(46)15(36)9(16(37)26(29)47)8-13(34)21(42)24(45)22(43)14(8)35/h1-4H. The molecule has 5 aromatic rings. The number of alkyl halides is 3. The molecule has 0 fully saturated rings. The molecule has 0 atom stereocenters. The number of rotatable bonds is 5. The van der Waals surface area contributed by atoms with E-state index in [0.29, 0.717) is 0 Å². The number of nitrogens with zero attached hydrogens (tertiary/aromatic N) is 1. The van der Waals surface area contributed by atoms with Gasteiger partial charge in [0.15, 0.2) is 93.1 Å². The van der Waals surface area contributed by atoms with E-state index >= 15 is 26.3 Å². The molecule has 53 heavy (non-hydrogen) atoms. The van der Waals surface area contributed by atoms with E-state index in [4.69, 9.17) is 0 Å². The first-order valence-corrected chi connectivity index (χ1v) is 13.2. The van der Waals surface area contributed by atoms with Crippen LogP contribution in [0.5, 0.6) is 0 Å². The summed E-state index contributed by atoms with van der Waals surface area (Å²) in [7, 11) is 0. The molecule has 280 valence electrons. The van der Waals surface area contributed by atoms with E-state index in [0.717, 1.165) is 0 Å². The largest absolute Gasteiger partial charge is 0.422 e. The summed E-state index contributed by atoms with van der Waals surface area (Å²) < 4.78 is 302. The Labute approximate surface area is 277 Å². The number of hydrogen-bond donors (Lipinski definition) is 0. The van der Waals surface area contributed by atoms with E-state index in [-0.39, 0.29) is 24.3 Å². The van der Waals surface area contributed by atoms with Crippen molar-refractivity contribution in [3.63, 3.8) is 0 Å². The first kappa shape index (κ1) is 38.7. The molecule has 0 aromatic heterocycles. The fraction of sp³-hybridized carbons (Fsp3) is 0.0323. The molecule has 1 nitrogen and oxygen atoms in total. The van der Waals surface area contributed by atoms with Gasteiger partial charge in [-0.2, -0.15) is 13.2 Å². The van der Waals surface area contributed by atoms with Gasteiger partial charge in [-0.05, 0) is 17.7 Å². The van der Waals surface area contributed by atoms with Gasteiger partial charge in [-0.15, -0.1) is 0 Å². The van der Waals surface area contributed by atoms with Crippen LogP contribution in [-0.4, -0.2) is 0 Å². The van der Waals surface area contributed by atoms with E-state index < -0.39 is 161 Å². The van der Waals surface area contributed by atoms with Gasteiger partial charge in [-0.25, -0.2) is 79.0 Å². The first-order chi connectivity index (χ1) is 24.5.